The van der Waals surface area contributed by atoms with E-state index in [2.05, 4.69) is 15.5 Å². The minimum absolute atomic E-state index is 0. The number of hydrogen-bond acceptors (Lipinski definition) is 5. The van der Waals surface area contributed by atoms with Crippen molar-refractivity contribution in [3.63, 3.8) is 0 Å². The summed E-state index contributed by atoms with van der Waals surface area (Å²) in [5.74, 6) is -0.682. The van der Waals surface area contributed by atoms with E-state index in [1.165, 1.54) is 4.57 Å². The van der Waals surface area contributed by atoms with Crippen molar-refractivity contribution in [3.8, 4) is 0 Å². The lowest BCUT2D eigenvalue weighted by Gasteiger charge is -2.27. The van der Waals surface area contributed by atoms with E-state index < -0.39 is 11.9 Å². The van der Waals surface area contributed by atoms with Crippen LogP contribution in [-0.2, 0) is 23.2 Å². The number of carbonyl (C=O) groups excluding carboxylic acids is 2. The van der Waals surface area contributed by atoms with E-state index in [4.69, 9.17) is 0 Å². The molecule has 28 heavy (non-hydrogen) atoms. The van der Waals surface area contributed by atoms with Crippen LogP contribution in [0.4, 0.5) is 0 Å². The number of amides is 2. The number of nitrogens with one attached hydrogen (secondary N) is 2. The van der Waals surface area contributed by atoms with Gasteiger partial charge in [0, 0.05) is 46.2 Å². The van der Waals surface area contributed by atoms with E-state index >= 15 is 0 Å². The number of benzene rings is 1. The number of imidazole rings is 1. The second-order valence-electron chi connectivity index (χ2n) is 7.03. The SMILES string of the molecule is Cl.Cl.Cn1c(=O)n(C2CCC(=O)NC2=O)c2ccc(CN3CCNCC3)cc21. The molecule has 0 bridgehead atoms. The van der Waals surface area contributed by atoms with Crippen LogP contribution in [0.2, 0.25) is 0 Å². The van der Waals surface area contributed by atoms with E-state index in [0.717, 1.165) is 49.3 Å². The maximum atomic E-state index is 12.8. The summed E-state index contributed by atoms with van der Waals surface area (Å²) in [6.07, 6.45) is 0.604. The molecule has 4 rings (SSSR count). The number of halogens is 2. The molecular formula is C18H25Cl2N5O3. The first kappa shape index (κ1) is 22.4. The van der Waals surface area contributed by atoms with Gasteiger partial charge in [-0.05, 0) is 24.1 Å². The summed E-state index contributed by atoms with van der Waals surface area (Å²) in [6.45, 7) is 4.84. The Morgan fingerprint density at radius 1 is 1.07 bits per heavy atom. The number of piperazine rings is 1. The third-order valence-electron chi connectivity index (χ3n) is 5.29. The number of aryl methyl sites for hydroxylation is 1. The molecule has 0 saturated carbocycles. The van der Waals surface area contributed by atoms with Crippen molar-refractivity contribution in [3.05, 3.63) is 34.2 Å². The summed E-state index contributed by atoms with van der Waals surface area (Å²) in [5.41, 5.74) is 2.47. The van der Waals surface area contributed by atoms with Gasteiger partial charge in [-0.3, -0.25) is 28.9 Å². The second-order valence-corrected chi connectivity index (χ2v) is 7.03. The van der Waals surface area contributed by atoms with E-state index in [1.54, 1.807) is 11.6 Å². The number of piperidine rings is 1. The van der Waals surface area contributed by atoms with Crippen molar-refractivity contribution >= 4 is 47.7 Å². The summed E-state index contributed by atoms with van der Waals surface area (Å²) in [4.78, 5) is 38.8. The highest BCUT2D eigenvalue weighted by Gasteiger charge is 2.31. The second kappa shape index (κ2) is 9.09. The zero-order valence-electron chi connectivity index (χ0n) is 15.6. The Morgan fingerprint density at radius 3 is 2.46 bits per heavy atom. The number of imide groups is 1. The predicted molar refractivity (Wildman–Crippen MR) is 111 cm³/mol. The molecule has 10 heteroatoms. The Labute approximate surface area is 175 Å². The first-order valence-corrected chi connectivity index (χ1v) is 9.01. The third kappa shape index (κ3) is 4.10. The molecule has 2 aliphatic heterocycles. The van der Waals surface area contributed by atoms with Gasteiger partial charge in [-0.25, -0.2) is 4.79 Å². The van der Waals surface area contributed by atoms with Gasteiger partial charge >= 0.3 is 5.69 Å². The van der Waals surface area contributed by atoms with Crippen molar-refractivity contribution in [1.82, 2.24) is 24.7 Å². The van der Waals surface area contributed by atoms with Crippen molar-refractivity contribution in [2.45, 2.75) is 25.4 Å². The Kier molecular flexibility index (Phi) is 7.28. The van der Waals surface area contributed by atoms with Crippen LogP contribution in [-0.4, -0.2) is 52.0 Å². The summed E-state index contributed by atoms with van der Waals surface area (Å²) in [7, 11) is 1.72. The molecule has 0 spiro atoms. The fraction of sp³-hybridized carbons (Fsp3) is 0.500. The highest BCUT2D eigenvalue weighted by atomic mass is 35.5. The topological polar surface area (TPSA) is 88.4 Å². The minimum Gasteiger partial charge on any atom is -0.314 e. The van der Waals surface area contributed by atoms with Crippen LogP contribution in [0.1, 0.15) is 24.4 Å². The van der Waals surface area contributed by atoms with E-state index in [0.29, 0.717) is 6.42 Å². The fourth-order valence-corrected chi connectivity index (χ4v) is 3.86. The van der Waals surface area contributed by atoms with Crippen molar-refractivity contribution in [2.75, 3.05) is 26.2 Å². The molecule has 1 atom stereocenters. The lowest BCUT2D eigenvalue weighted by atomic mass is 10.1. The first-order valence-electron chi connectivity index (χ1n) is 9.01. The highest BCUT2D eigenvalue weighted by Crippen LogP contribution is 2.24. The molecule has 0 aliphatic carbocycles. The first-order chi connectivity index (χ1) is 12.5. The number of aromatic nitrogens is 2. The molecule has 2 saturated heterocycles. The molecule has 1 unspecified atom stereocenters. The van der Waals surface area contributed by atoms with Crippen LogP contribution in [0.3, 0.4) is 0 Å². The van der Waals surface area contributed by atoms with E-state index in [-0.39, 0.29) is 42.8 Å². The van der Waals surface area contributed by atoms with E-state index in [1.807, 2.05) is 18.2 Å². The Hall–Kier alpha value is -1.87. The lowest BCUT2D eigenvalue weighted by Crippen LogP contribution is -2.44. The fourth-order valence-electron chi connectivity index (χ4n) is 3.86. The molecular weight excluding hydrogens is 405 g/mol. The van der Waals surface area contributed by atoms with Crippen molar-refractivity contribution in [2.24, 2.45) is 7.05 Å². The maximum absolute atomic E-state index is 12.8. The van der Waals surface area contributed by atoms with Gasteiger partial charge < -0.3 is 5.32 Å². The molecule has 1 aromatic carbocycles. The normalized spacial score (nSPS) is 20.4. The van der Waals surface area contributed by atoms with Gasteiger partial charge in [0.05, 0.1) is 11.0 Å². The van der Waals surface area contributed by atoms with Crippen LogP contribution < -0.4 is 16.3 Å². The van der Waals surface area contributed by atoms with Crippen molar-refractivity contribution in [1.29, 1.82) is 0 Å². The number of hydrogen-bond donors (Lipinski definition) is 2. The third-order valence-corrected chi connectivity index (χ3v) is 5.29. The summed E-state index contributed by atoms with van der Waals surface area (Å²) < 4.78 is 3.10. The smallest absolute Gasteiger partial charge is 0.314 e. The zero-order chi connectivity index (χ0) is 18.3. The average Bonchev–Trinajstić information content (AvgIpc) is 2.87. The van der Waals surface area contributed by atoms with Gasteiger partial charge in [-0.15, -0.1) is 24.8 Å². The molecule has 3 heterocycles. The maximum Gasteiger partial charge on any atom is 0.329 e. The number of fused-ring (bicyclic) bond motifs is 1. The van der Waals surface area contributed by atoms with Gasteiger partial charge in [0.25, 0.3) is 0 Å². The number of carbonyl (C=O) groups is 2. The standard InChI is InChI=1S/C18H23N5O3.2ClH/c1-21-15-10-12(11-22-8-6-19-7-9-22)2-3-13(15)23(18(21)26)14-4-5-16(24)20-17(14)25;;/h2-3,10,14,19H,4-9,11H2,1H3,(H,20,24,25);2*1H. The highest BCUT2D eigenvalue weighted by molar-refractivity contribution is 6.00. The van der Waals surface area contributed by atoms with Crippen LogP contribution in [0.15, 0.2) is 23.0 Å². The van der Waals surface area contributed by atoms with E-state index in [9.17, 15) is 14.4 Å². The quantitative estimate of drug-likeness (QED) is 0.696. The molecule has 154 valence electrons. The van der Waals surface area contributed by atoms with Crippen LogP contribution >= 0.6 is 24.8 Å². The molecule has 2 amide bonds. The molecule has 8 nitrogen and oxygen atoms in total. The van der Waals surface area contributed by atoms with Gasteiger partial charge in [-0.1, -0.05) is 6.07 Å². The van der Waals surface area contributed by atoms with Crippen LogP contribution in [0, 0.1) is 0 Å². The Balaban J connectivity index is 0.00000140. The molecule has 1 aromatic heterocycles. The molecule has 2 N–H and O–H groups in total. The zero-order valence-corrected chi connectivity index (χ0v) is 17.3. The predicted octanol–water partition coefficient (Wildman–Crippen LogP) is 0.567. The van der Waals surface area contributed by atoms with Gasteiger partial charge in [0.2, 0.25) is 11.8 Å². The molecule has 0 radical (unpaired) electrons. The summed E-state index contributed by atoms with van der Waals surface area (Å²) in [6, 6.07) is 5.33. The van der Waals surface area contributed by atoms with Gasteiger partial charge in [0.1, 0.15) is 6.04 Å². The average molecular weight is 430 g/mol. The minimum atomic E-state index is -0.636. The van der Waals surface area contributed by atoms with Gasteiger partial charge in [0.15, 0.2) is 0 Å². The monoisotopic (exact) mass is 429 g/mol. The van der Waals surface area contributed by atoms with Crippen molar-refractivity contribution < 1.29 is 9.59 Å². The van der Waals surface area contributed by atoms with Crippen LogP contribution in [0.5, 0.6) is 0 Å². The molecule has 2 fully saturated rings. The Bertz CT molecular complexity index is 933. The molecule has 2 aromatic rings. The summed E-state index contributed by atoms with van der Waals surface area (Å²) >= 11 is 0. The lowest BCUT2D eigenvalue weighted by molar-refractivity contribution is -0.135. The largest absolute Gasteiger partial charge is 0.329 e. The summed E-state index contributed by atoms with van der Waals surface area (Å²) in [5, 5.41) is 5.68. The number of nitrogens with zero attached hydrogens (tertiary/aromatic N) is 3. The Morgan fingerprint density at radius 2 is 1.79 bits per heavy atom. The van der Waals surface area contributed by atoms with Crippen LogP contribution in [0.25, 0.3) is 11.0 Å². The molecule has 2 aliphatic rings. The number of rotatable bonds is 3. The van der Waals surface area contributed by atoms with Gasteiger partial charge in [-0.2, -0.15) is 0 Å².